The van der Waals surface area contributed by atoms with Gasteiger partial charge in [0.25, 0.3) is 0 Å². The van der Waals surface area contributed by atoms with Gasteiger partial charge < -0.3 is 19.8 Å². The summed E-state index contributed by atoms with van der Waals surface area (Å²) in [4.78, 5) is 52.6. The Morgan fingerprint density at radius 2 is 0.368 bits per heavy atom. The molecule has 0 aliphatic heterocycles. The molecule has 76 heavy (non-hydrogen) atoms. The van der Waals surface area contributed by atoms with Crippen molar-refractivity contribution in [2.75, 3.05) is 0 Å². The van der Waals surface area contributed by atoms with Gasteiger partial charge in [-0.15, -0.1) is 20.5 Å². The van der Waals surface area contributed by atoms with Crippen molar-refractivity contribution in [3.63, 3.8) is 0 Å². The van der Waals surface area contributed by atoms with Crippen LogP contribution in [0, 0.1) is 20.5 Å². The number of benzene rings is 4. The average Bonchev–Trinajstić information content (AvgIpc) is 3.38. The minimum Gasteiger partial charge on any atom is -0.550 e. The van der Waals surface area contributed by atoms with Crippen molar-refractivity contribution in [2.45, 2.75) is 13.8 Å². The second-order valence-corrected chi connectivity index (χ2v) is 16.1. The molecule has 386 valence electrons. The van der Waals surface area contributed by atoms with Crippen LogP contribution in [0.4, 0.5) is 0 Å². The summed E-state index contributed by atoms with van der Waals surface area (Å²) in [7, 11) is -9.89. The first-order valence-corrected chi connectivity index (χ1v) is 23.7. The van der Waals surface area contributed by atoms with E-state index in [-0.39, 0.29) is 34.1 Å². The fraction of sp³-hybridized carbons (Fsp3) is 0.0385. The van der Waals surface area contributed by atoms with E-state index in [1.165, 1.54) is 0 Å². The summed E-state index contributed by atoms with van der Waals surface area (Å²) in [5.41, 5.74) is 7.82. The first-order valence-electron chi connectivity index (χ1n) is 21.2. The van der Waals surface area contributed by atoms with Crippen molar-refractivity contribution in [1.29, 1.82) is 0 Å². The van der Waals surface area contributed by atoms with Gasteiger partial charge in [-0.3, -0.25) is 39.9 Å². The number of pyridine rings is 8. The number of aromatic nitrogens is 8. The molecule has 2 radical (unpaired) electrons. The minimum absolute atomic E-state index is 0. The van der Waals surface area contributed by atoms with Gasteiger partial charge in [-0.25, -0.2) is 37.3 Å². The number of halogens is 2. The van der Waals surface area contributed by atoms with Crippen molar-refractivity contribution in [2.24, 2.45) is 0 Å². The van der Waals surface area contributed by atoms with Crippen LogP contribution in [0.5, 0.6) is 0 Å². The Morgan fingerprint density at radius 3 is 0.461 bits per heavy atom. The number of carboxylic acid groups (broad SMARTS) is 2. The number of hydrogen-bond donors (Lipinski definition) is 0. The van der Waals surface area contributed by atoms with E-state index >= 15 is 0 Å². The molecule has 0 fully saturated rings. The summed E-state index contributed by atoms with van der Waals surface area (Å²) in [5.74, 6) is -2.17. The van der Waals surface area contributed by atoms with Crippen molar-refractivity contribution < 1.29 is 112 Å². The van der Waals surface area contributed by atoms with Gasteiger partial charge in [-0.1, -0.05) is 97.1 Å². The van der Waals surface area contributed by atoms with Gasteiger partial charge in [0.15, 0.2) is 0 Å². The van der Waals surface area contributed by atoms with E-state index in [1.54, 1.807) is 49.6 Å². The number of carboxylic acids is 2. The molecule has 0 aliphatic rings. The Balaban J connectivity index is 0.000000240. The van der Waals surface area contributed by atoms with Crippen LogP contribution in [-0.4, -0.2) is 51.8 Å². The van der Waals surface area contributed by atoms with Crippen LogP contribution in [0.3, 0.4) is 0 Å². The van der Waals surface area contributed by atoms with Gasteiger partial charge in [0, 0.05) is 105 Å². The molecule has 8 aromatic heterocycles. The molecule has 0 saturated carbocycles. The Hall–Kier alpha value is -7.60. The monoisotopic (exact) mass is 1150 g/mol. The topological polar surface area (TPSA) is 368 Å². The largest absolute Gasteiger partial charge is 2.00 e. The number of carbonyl (C=O) groups excluding carboxylic acids is 2. The van der Waals surface area contributed by atoms with E-state index in [0.29, 0.717) is 0 Å². The fourth-order valence-corrected chi connectivity index (χ4v) is 6.72. The van der Waals surface area contributed by atoms with Crippen molar-refractivity contribution in [1.82, 2.24) is 39.9 Å². The molecule has 0 spiro atoms. The zero-order chi connectivity index (χ0) is 53.7. The van der Waals surface area contributed by atoms with Gasteiger partial charge in [-0.05, 0) is 62.4 Å². The summed E-state index contributed by atoms with van der Waals surface area (Å²) in [6.45, 7) is 1.94. The van der Waals surface area contributed by atoms with Gasteiger partial charge >= 0.3 is 34.1 Å². The molecule has 24 heteroatoms. The van der Waals surface area contributed by atoms with Gasteiger partial charge in [0.05, 0.1) is 44.1 Å². The third-order valence-corrected chi connectivity index (χ3v) is 9.38. The third kappa shape index (κ3) is 21.0. The van der Waals surface area contributed by atoms with Gasteiger partial charge in [0.1, 0.15) is 0 Å². The van der Waals surface area contributed by atoms with E-state index in [9.17, 15) is 0 Å². The SMILES string of the molecule is CC(=O)[O-].CC(=O)[O-].[Mn+2].[Mn+2].[O-][Cl+3]([O-])([O-])[O-].[O-][Cl+3]([O-])([O-])[O-].c1cnc2c(c1)ccc1cccnc12.c1cnc2c(c1)ccc1cccnc12.c1cnc2c(c1)ccc1cccnc12.c1cnc2c(c1)ccc1cccnc12. The second kappa shape index (κ2) is 30.7. The summed E-state index contributed by atoms with van der Waals surface area (Å²) >= 11 is 0. The van der Waals surface area contributed by atoms with E-state index in [1.807, 2.05) is 48.5 Å². The van der Waals surface area contributed by atoms with Crippen LogP contribution < -0.4 is 47.5 Å². The molecule has 4 aromatic carbocycles. The van der Waals surface area contributed by atoms with Crippen LogP contribution in [0.15, 0.2) is 195 Å². The second-order valence-electron chi connectivity index (χ2n) is 14.6. The Kier molecular flexibility index (Phi) is 25.3. The predicted octanol–water partition coefficient (Wildman–Crippen LogP) is -0.873. The van der Waals surface area contributed by atoms with Crippen LogP contribution in [-0.2, 0) is 43.7 Å². The Labute approximate surface area is 457 Å². The van der Waals surface area contributed by atoms with Gasteiger partial charge in [0.2, 0.25) is 0 Å². The molecule has 8 heterocycles. The molecule has 0 amide bonds. The average molecular weight is 1150 g/mol. The summed E-state index contributed by atoms with van der Waals surface area (Å²) in [5, 5.41) is 26.9. The number of fused-ring (bicyclic) bond motifs is 12. The number of carbonyl (C=O) groups is 2. The van der Waals surface area contributed by atoms with Crippen molar-refractivity contribution in [3.8, 4) is 0 Å². The Morgan fingerprint density at radius 1 is 0.276 bits per heavy atom. The van der Waals surface area contributed by atoms with E-state index in [4.69, 9.17) is 57.1 Å². The molecular formula is C52H38Cl2Mn2N8O12. The van der Waals surface area contributed by atoms with E-state index < -0.39 is 32.4 Å². The first-order chi connectivity index (χ1) is 35.3. The van der Waals surface area contributed by atoms with Crippen LogP contribution in [0.25, 0.3) is 87.2 Å². The molecule has 0 atom stereocenters. The van der Waals surface area contributed by atoms with E-state index in [0.717, 1.165) is 101 Å². The summed E-state index contributed by atoms with van der Waals surface area (Å²) in [6.07, 6.45) is 14.4. The molecule has 0 saturated heterocycles. The summed E-state index contributed by atoms with van der Waals surface area (Å²) in [6, 6.07) is 48.6. The molecule has 0 unspecified atom stereocenters. The summed E-state index contributed by atoms with van der Waals surface area (Å²) < 4.78 is 67.9. The number of rotatable bonds is 0. The maximum Gasteiger partial charge on any atom is 2.00 e. The number of nitrogens with zero attached hydrogens (tertiary/aromatic N) is 8. The normalized spacial score (nSPS) is 10.2. The van der Waals surface area contributed by atoms with Gasteiger partial charge in [-0.2, -0.15) is 0 Å². The molecular weight excluding hydrogens is 1110 g/mol. The Bertz CT molecular complexity index is 3080. The zero-order valence-electron chi connectivity index (χ0n) is 39.5. The molecule has 0 aliphatic carbocycles. The maximum atomic E-state index is 8.89. The third-order valence-electron chi connectivity index (χ3n) is 9.38. The molecule has 0 bridgehead atoms. The van der Waals surface area contributed by atoms with Crippen LogP contribution in [0.1, 0.15) is 13.8 Å². The molecule has 20 nitrogen and oxygen atoms in total. The fourth-order valence-electron chi connectivity index (χ4n) is 6.72. The van der Waals surface area contributed by atoms with Crippen molar-refractivity contribution >= 4 is 99.2 Å². The molecule has 12 aromatic rings. The maximum absolute atomic E-state index is 8.89. The van der Waals surface area contributed by atoms with Crippen LogP contribution in [0.2, 0.25) is 0 Å². The quantitative estimate of drug-likeness (QED) is 0.131. The van der Waals surface area contributed by atoms with Crippen molar-refractivity contribution in [3.05, 3.63) is 195 Å². The predicted molar refractivity (Wildman–Crippen MR) is 250 cm³/mol. The zero-order valence-corrected chi connectivity index (χ0v) is 43.3. The molecule has 0 N–H and O–H groups in total. The molecule has 12 rings (SSSR count). The number of aliphatic carboxylic acids is 2. The first kappa shape index (κ1) is 62.7. The van der Waals surface area contributed by atoms with E-state index in [2.05, 4.69) is 137 Å². The minimum atomic E-state index is -4.94. The smallest absolute Gasteiger partial charge is 0.550 e. The van der Waals surface area contributed by atoms with Crippen LogP contribution >= 0.6 is 0 Å². The standard InChI is InChI=1S/4C12H8N2.2C2H4O2.2ClHO4.2Mn/c4*1-3-9-5-6-10-4-2-8-14-12(10)11(9)13-7-1;2*1-2(3)4;2*2-1(3,4)5;;/h4*1-8H;2*1H3,(H,3,4);2*(H,2,3,4,5);;/q;;;;;;;;2*+2/p-4. The number of hydrogen-bond acceptors (Lipinski definition) is 20.